The monoisotopic (exact) mass is 442 g/mol. The van der Waals surface area contributed by atoms with Crippen molar-refractivity contribution in [1.29, 1.82) is 0 Å². The summed E-state index contributed by atoms with van der Waals surface area (Å²) in [5.41, 5.74) is 7.21. The van der Waals surface area contributed by atoms with Gasteiger partial charge in [0.05, 0.1) is 11.9 Å². The van der Waals surface area contributed by atoms with Crippen LogP contribution in [0.15, 0.2) is 36.5 Å². The Kier molecular flexibility index (Phi) is 5.06. The van der Waals surface area contributed by atoms with Crippen LogP contribution in [0.25, 0.3) is 22.2 Å². The van der Waals surface area contributed by atoms with E-state index in [1.54, 1.807) is 0 Å². The second-order valence-corrected chi connectivity index (χ2v) is 10.7. The third kappa shape index (κ3) is 3.76. The first-order chi connectivity index (χ1) is 16.0. The number of nitrogens with zero attached hydrogens (tertiary/aromatic N) is 2. The van der Waals surface area contributed by atoms with Crippen LogP contribution in [0, 0.1) is 18.8 Å². The number of aromatic nitrogens is 2. The van der Waals surface area contributed by atoms with E-state index in [2.05, 4.69) is 64.4 Å². The molecule has 5 heterocycles. The molecule has 3 aliphatic heterocycles. The molecule has 0 spiro atoms. The van der Waals surface area contributed by atoms with Crippen LogP contribution in [-0.2, 0) is 4.79 Å². The Balaban J connectivity index is 1.24. The summed E-state index contributed by atoms with van der Waals surface area (Å²) in [6, 6.07) is 11.0. The molecule has 5 heteroatoms. The maximum absolute atomic E-state index is 13.0. The summed E-state index contributed by atoms with van der Waals surface area (Å²) in [5.74, 6) is 1.91. The van der Waals surface area contributed by atoms with Crippen LogP contribution in [0.5, 0.6) is 0 Å². The number of amides is 1. The number of fused-ring (bicyclic) bond motifs is 4. The Labute approximate surface area is 196 Å². The normalized spacial score (nSPS) is 28.4. The Hall–Kier alpha value is -2.66. The number of nitrogens with one attached hydrogen (secondary N) is 2. The number of rotatable bonds is 5. The highest BCUT2D eigenvalue weighted by Crippen LogP contribution is 2.49. The van der Waals surface area contributed by atoms with Crippen molar-refractivity contribution in [3.05, 3.63) is 53.3 Å². The Morgan fingerprint density at radius 2 is 1.97 bits per heavy atom. The molecule has 1 aromatic carbocycles. The van der Waals surface area contributed by atoms with E-state index in [-0.39, 0.29) is 18.0 Å². The van der Waals surface area contributed by atoms with Gasteiger partial charge in [0.2, 0.25) is 5.91 Å². The van der Waals surface area contributed by atoms with E-state index in [4.69, 9.17) is 0 Å². The van der Waals surface area contributed by atoms with Gasteiger partial charge in [0.1, 0.15) is 0 Å². The van der Waals surface area contributed by atoms with Crippen LogP contribution in [0.4, 0.5) is 0 Å². The second-order valence-electron chi connectivity index (χ2n) is 10.7. The van der Waals surface area contributed by atoms with Gasteiger partial charge in [-0.3, -0.25) is 14.7 Å². The van der Waals surface area contributed by atoms with Gasteiger partial charge in [-0.1, -0.05) is 19.9 Å². The predicted octanol–water partition coefficient (Wildman–Crippen LogP) is 5.32. The van der Waals surface area contributed by atoms with Crippen molar-refractivity contribution < 1.29 is 4.79 Å². The Morgan fingerprint density at radius 3 is 2.67 bits per heavy atom. The lowest BCUT2D eigenvalue weighted by Gasteiger charge is -2.45. The van der Waals surface area contributed by atoms with Crippen molar-refractivity contribution in [2.75, 3.05) is 13.1 Å². The minimum absolute atomic E-state index is 0.118. The van der Waals surface area contributed by atoms with Crippen LogP contribution >= 0.6 is 0 Å². The zero-order chi connectivity index (χ0) is 22.7. The molecule has 3 aromatic rings. The minimum Gasteiger partial charge on any atom is -0.354 e. The Bertz CT molecular complexity index is 1200. The van der Waals surface area contributed by atoms with E-state index in [0.29, 0.717) is 11.8 Å². The maximum atomic E-state index is 13.0. The number of carbonyl (C=O) groups excluding carboxylic acids is 1. The van der Waals surface area contributed by atoms with Crippen molar-refractivity contribution in [1.82, 2.24) is 20.2 Å². The van der Waals surface area contributed by atoms with E-state index in [1.165, 1.54) is 46.1 Å². The fraction of sp³-hybridized carbons (Fsp3) is 0.500. The summed E-state index contributed by atoms with van der Waals surface area (Å²) in [6.07, 6.45) is 6.84. The van der Waals surface area contributed by atoms with Crippen molar-refractivity contribution >= 4 is 16.8 Å². The van der Waals surface area contributed by atoms with E-state index in [1.807, 2.05) is 13.1 Å². The predicted molar refractivity (Wildman–Crippen MR) is 132 cm³/mol. The highest BCUT2D eigenvalue weighted by molar-refractivity contribution is 5.92. The number of H-pyrrole nitrogens is 1. The molecule has 3 saturated heterocycles. The molecule has 4 aliphatic rings. The van der Waals surface area contributed by atoms with Crippen LogP contribution in [0.3, 0.4) is 0 Å². The van der Waals surface area contributed by atoms with Gasteiger partial charge in [-0.2, -0.15) is 0 Å². The van der Waals surface area contributed by atoms with Gasteiger partial charge in [-0.15, -0.1) is 0 Å². The van der Waals surface area contributed by atoms with Gasteiger partial charge < -0.3 is 10.3 Å². The van der Waals surface area contributed by atoms with E-state index < -0.39 is 0 Å². The second kappa shape index (κ2) is 7.98. The molecule has 4 fully saturated rings. The standard InChI is InChI=1S/C28H34N4O/c1-16(2)26-23-14-19(4-5-24(23)30-27(26)20-6-9-29-17(3)12-20)21-15-22(21)28(33)31-25-13-18-7-10-32(25)11-8-18/h4-6,9,12,14,16,18,21-22,25,30H,7-8,10-11,13,15H2,1-3H3,(H,31,33). The van der Waals surface area contributed by atoms with Gasteiger partial charge in [0, 0.05) is 47.4 Å². The van der Waals surface area contributed by atoms with Crippen molar-refractivity contribution in [2.24, 2.45) is 11.8 Å². The van der Waals surface area contributed by atoms with Crippen molar-refractivity contribution in [3.8, 4) is 11.3 Å². The third-order valence-corrected chi connectivity index (χ3v) is 8.14. The van der Waals surface area contributed by atoms with Crippen LogP contribution in [-0.4, -0.2) is 40.0 Å². The lowest BCUT2D eigenvalue weighted by molar-refractivity contribution is -0.126. The zero-order valence-corrected chi connectivity index (χ0v) is 19.9. The van der Waals surface area contributed by atoms with Crippen molar-refractivity contribution in [3.63, 3.8) is 0 Å². The van der Waals surface area contributed by atoms with E-state index >= 15 is 0 Å². The fourth-order valence-electron chi connectivity index (χ4n) is 6.23. The molecule has 2 N–H and O–H groups in total. The molecule has 172 valence electrons. The molecule has 1 saturated carbocycles. The Morgan fingerprint density at radius 1 is 1.15 bits per heavy atom. The van der Waals surface area contributed by atoms with Gasteiger partial charge in [0.25, 0.3) is 0 Å². The highest BCUT2D eigenvalue weighted by Gasteiger charge is 2.45. The summed E-state index contributed by atoms with van der Waals surface area (Å²) < 4.78 is 0. The maximum Gasteiger partial charge on any atom is 0.224 e. The average molecular weight is 443 g/mol. The minimum atomic E-state index is 0.118. The fourth-order valence-corrected chi connectivity index (χ4v) is 6.23. The molecular formula is C28H34N4O. The third-order valence-electron chi connectivity index (χ3n) is 8.14. The lowest BCUT2D eigenvalue weighted by Crippen LogP contribution is -2.56. The number of hydrogen-bond donors (Lipinski definition) is 2. The number of benzene rings is 1. The molecule has 7 rings (SSSR count). The zero-order valence-electron chi connectivity index (χ0n) is 19.9. The average Bonchev–Trinajstić information content (AvgIpc) is 3.52. The summed E-state index contributed by atoms with van der Waals surface area (Å²) in [4.78, 5) is 23.5. The number of carbonyl (C=O) groups is 1. The lowest BCUT2D eigenvalue weighted by atomic mass is 9.86. The summed E-state index contributed by atoms with van der Waals surface area (Å²) in [7, 11) is 0. The van der Waals surface area contributed by atoms with Crippen LogP contribution in [0.2, 0.25) is 0 Å². The van der Waals surface area contributed by atoms with Crippen molar-refractivity contribution in [2.45, 2.75) is 64.5 Å². The molecule has 1 amide bonds. The van der Waals surface area contributed by atoms with E-state index in [9.17, 15) is 4.79 Å². The number of piperidine rings is 3. The van der Waals surface area contributed by atoms with Gasteiger partial charge in [0.15, 0.2) is 0 Å². The van der Waals surface area contributed by atoms with Crippen LogP contribution in [0.1, 0.15) is 68.2 Å². The van der Waals surface area contributed by atoms with E-state index in [0.717, 1.165) is 37.5 Å². The largest absolute Gasteiger partial charge is 0.354 e. The first-order valence-electron chi connectivity index (χ1n) is 12.6. The first kappa shape index (κ1) is 20.9. The summed E-state index contributed by atoms with van der Waals surface area (Å²) in [5, 5.41) is 4.67. The number of hydrogen-bond acceptors (Lipinski definition) is 3. The molecule has 3 unspecified atom stereocenters. The van der Waals surface area contributed by atoms with Crippen LogP contribution < -0.4 is 5.32 Å². The molecule has 0 radical (unpaired) electrons. The highest BCUT2D eigenvalue weighted by atomic mass is 16.2. The number of pyridine rings is 1. The first-order valence-corrected chi connectivity index (χ1v) is 12.6. The molecule has 1 aliphatic carbocycles. The molecule has 3 atom stereocenters. The number of aryl methyl sites for hydroxylation is 1. The summed E-state index contributed by atoms with van der Waals surface area (Å²) >= 11 is 0. The molecule has 33 heavy (non-hydrogen) atoms. The van der Waals surface area contributed by atoms with Gasteiger partial charge >= 0.3 is 0 Å². The quantitative estimate of drug-likeness (QED) is 0.562. The summed E-state index contributed by atoms with van der Waals surface area (Å²) in [6.45, 7) is 8.84. The smallest absolute Gasteiger partial charge is 0.224 e. The van der Waals surface area contributed by atoms with Gasteiger partial charge in [-0.25, -0.2) is 0 Å². The molecule has 5 nitrogen and oxygen atoms in total. The molecule has 2 bridgehead atoms. The topological polar surface area (TPSA) is 61.0 Å². The SMILES string of the molecule is Cc1cc(-c2[nH]c3ccc(C4CC4C(=O)NC4CC5CCN4CC5)cc3c2C(C)C)ccn1. The molecular weight excluding hydrogens is 408 g/mol. The molecule has 2 aromatic heterocycles. The van der Waals surface area contributed by atoms with Gasteiger partial charge in [-0.05, 0) is 85.8 Å². The number of aromatic amines is 1.